The van der Waals surface area contributed by atoms with Crippen molar-refractivity contribution in [3.8, 4) is 0 Å². The molecule has 2 atom stereocenters. The summed E-state index contributed by atoms with van der Waals surface area (Å²) in [7, 11) is 1.71. The maximum absolute atomic E-state index is 13.0. The molecular weight excluding hydrogens is 330 g/mol. The predicted octanol–water partition coefficient (Wildman–Crippen LogP) is 2.35. The molecule has 136 valence electrons. The molecule has 0 radical (unpaired) electrons. The Bertz CT molecular complexity index is 857. The molecule has 0 spiro atoms. The van der Waals surface area contributed by atoms with Crippen LogP contribution in [0.2, 0.25) is 0 Å². The van der Waals surface area contributed by atoms with Gasteiger partial charge in [0.15, 0.2) is 12.2 Å². The second-order valence-corrected chi connectivity index (χ2v) is 6.98. The molecule has 1 saturated heterocycles. The Hall–Kier alpha value is -2.83. The van der Waals surface area contributed by atoms with E-state index in [2.05, 4.69) is 29.2 Å². The Morgan fingerprint density at radius 3 is 2.31 bits per heavy atom. The highest BCUT2D eigenvalue weighted by atomic mass is 16.2. The number of imide groups is 1. The Morgan fingerprint density at radius 2 is 1.69 bits per heavy atom. The highest BCUT2D eigenvalue weighted by Crippen LogP contribution is 2.39. The van der Waals surface area contributed by atoms with E-state index in [9.17, 15) is 9.59 Å². The molecule has 26 heavy (non-hydrogen) atoms. The van der Waals surface area contributed by atoms with Crippen molar-refractivity contribution < 1.29 is 9.59 Å². The number of benzene rings is 1. The molecule has 3 amide bonds. The zero-order valence-corrected chi connectivity index (χ0v) is 15.7. The first-order valence-electron chi connectivity index (χ1n) is 8.86. The molecule has 0 aliphatic carbocycles. The number of fused-ring (bicyclic) bond motifs is 3. The number of aliphatic imine (C=N–C) groups is 1. The summed E-state index contributed by atoms with van der Waals surface area (Å²) in [5.41, 5.74) is 4.22. The lowest BCUT2D eigenvalue weighted by Crippen LogP contribution is -2.64. The van der Waals surface area contributed by atoms with Crippen LogP contribution >= 0.6 is 0 Å². The Kier molecular flexibility index (Phi) is 3.57. The lowest BCUT2D eigenvalue weighted by Gasteiger charge is -2.40. The third-order valence-electron chi connectivity index (χ3n) is 5.50. The number of carbonyl (C=O) groups is 2. The molecule has 1 aromatic carbocycles. The van der Waals surface area contributed by atoms with Crippen molar-refractivity contribution in [1.29, 1.82) is 0 Å². The average Bonchev–Trinajstić information content (AvgIpc) is 3.11. The number of carbonyl (C=O) groups excluding carboxylic acids is 2. The second kappa shape index (κ2) is 5.59. The van der Waals surface area contributed by atoms with Crippen LogP contribution in [0, 0.1) is 6.92 Å². The highest BCUT2D eigenvalue weighted by Gasteiger charge is 2.55. The minimum Gasteiger partial charge on any atom is -0.302 e. The number of hydrogen-bond acceptors (Lipinski definition) is 5. The van der Waals surface area contributed by atoms with Gasteiger partial charge >= 0.3 is 6.03 Å². The van der Waals surface area contributed by atoms with Gasteiger partial charge in [-0.1, -0.05) is 17.7 Å². The topological polar surface area (TPSA) is 59.5 Å². The van der Waals surface area contributed by atoms with Crippen LogP contribution in [0.5, 0.6) is 0 Å². The number of anilines is 1. The number of nitrogens with zero attached hydrogens (tertiary/aromatic N) is 5. The third kappa shape index (κ3) is 2.03. The van der Waals surface area contributed by atoms with E-state index in [0.717, 1.165) is 17.1 Å². The lowest BCUT2D eigenvalue weighted by atomic mass is 10.1. The molecule has 4 rings (SSSR count). The van der Waals surface area contributed by atoms with Crippen molar-refractivity contribution in [3.05, 3.63) is 41.2 Å². The van der Waals surface area contributed by atoms with E-state index in [1.54, 1.807) is 11.9 Å². The molecule has 3 heterocycles. The average molecular weight is 353 g/mol. The first-order chi connectivity index (χ1) is 12.4. The number of guanidine groups is 1. The summed E-state index contributed by atoms with van der Waals surface area (Å²) in [6.45, 7) is 8.26. The summed E-state index contributed by atoms with van der Waals surface area (Å²) < 4.78 is 0. The van der Waals surface area contributed by atoms with Gasteiger partial charge in [0.05, 0.1) is 0 Å². The smallest absolute Gasteiger partial charge is 0.302 e. The van der Waals surface area contributed by atoms with Crippen molar-refractivity contribution in [1.82, 2.24) is 14.7 Å². The SMILES string of the molecule is CCN1C(=O)C2C(N=C3N(c4ccc(C)cc4)C(C)=C(C)N32)N(C)C1=O. The fourth-order valence-electron chi connectivity index (χ4n) is 3.91. The van der Waals surface area contributed by atoms with E-state index in [0.29, 0.717) is 12.5 Å². The minimum atomic E-state index is -0.502. The van der Waals surface area contributed by atoms with E-state index < -0.39 is 12.2 Å². The Labute approximate surface area is 153 Å². The van der Waals surface area contributed by atoms with Gasteiger partial charge in [0.1, 0.15) is 0 Å². The summed E-state index contributed by atoms with van der Waals surface area (Å²) in [6.07, 6.45) is -0.496. The van der Waals surface area contributed by atoms with Gasteiger partial charge in [0.25, 0.3) is 5.91 Å². The zero-order valence-electron chi connectivity index (χ0n) is 15.7. The van der Waals surface area contributed by atoms with E-state index in [-0.39, 0.29) is 11.9 Å². The molecule has 0 bridgehead atoms. The van der Waals surface area contributed by atoms with E-state index in [4.69, 9.17) is 4.99 Å². The summed E-state index contributed by atoms with van der Waals surface area (Å²) in [4.78, 5) is 37.2. The van der Waals surface area contributed by atoms with E-state index in [1.807, 2.05) is 32.6 Å². The van der Waals surface area contributed by atoms with Gasteiger partial charge in [-0.2, -0.15) is 0 Å². The van der Waals surface area contributed by atoms with Gasteiger partial charge in [-0.3, -0.25) is 19.5 Å². The van der Waals surface area contributed by atoms with Crippen LogP contribution in [0.1, 0.15) is 26.3 Å². The number of urea groups is 1. The van der Waals surface area contributed by atoms with E-state index in [1.165, 1.54) is 10.5 Å². The summed E-state index contributed by atoms with van der Waals surface area (Å²) in [5, 5.41) is 0. The molecule has 7 heteroatoms. The number of likely N-dealkylation sites (N-methyl/N-ethyl adjacent to an activating group) is 2. The van der Waals surface area contributed by atoms with Crippen molar-refractivity contribution in [2.75, 3.05) is 18.5 Å². The first-order valence-corrected chi connectivity index (χ1v) is 8.86. The fourth-order valence-corrected chi connectivity index (χ4v) is 3.91. The number of hydrogen-bond donors (Lipinski definition) is 0. The third-order valence-corrected chi connectivity index (χ3v) is 5.50. The molecule has 1 aromatic rings. The number of aryl methyl sites for hydroxylation is 1. The molecule has 3 aliphatic heterocycles. The van der Waals surface area contributed by atoms with Gasteiger partial charge in [-0.05, 0) is 39.8 Å². The largest absolute Gasteiger partial charge is 0.328 e. The number of allylic oxidation sites excluding steroid dienone is 2. The first kappa shape index (κ1) is 16.6. The van der Waals surface area contributed by atoms with Crippen LogP contribution < -0.4 is 4.90 Å². The van der Waals surface area contributed by atoms with Gasteiger partial charge in [-0.25, -0.2) is 9.79 Å². The summed E-state index contributed by atoms with van der Waals surface area (Å²) >= 11 is 0. The second-order valence-electron chi connectivity index (χ2n) is 6.98. The Morgan fingerprint density at radius 1 is 1.04 bits per heavy atom. The van der Waals surface area contributed by atoms with Crippen LogP contribution in [0.25, 0.3) is 0 Å². The van der Waals surface area contributed by atoms with Crippen molar-refractivity contribution >= 4 is 23.6 Å². The van der Waals surface area contributed by atoms with E-state index >= 15 is 0 Å². The number of amides is 3. The lowest BCUT2D eigenvalue weighted by molar-refractivity contribution is -0.136. The van der Waals surface area contributed by atoms with Crippen LogP contribution in [-0.2, 0) is 4.79 Å². The molecule has 1 fully saturated rings. The standard InChI is InChI=1S/C19H23N5O2/c1-6-22-17(25)15-16(21(5)19(22)26)20-18-23(12(3)13(4)24(15)18)14-9-7-11(2)8-10-14/h7-10,15-16H,6H2,1-5H3. The van der Waals surface area contributed by atoms with Gasteiger partial charge in [0.2, 0.25) is 5.96 Å². The summed E-state index contributed by atoms with van der Waals surface area (Å²) in [6, 6.07) is 7.43. The molecule has 0 saturated carbocycles. The zero-order chi connectivity index (χ0) is 18.7. The monoisotopic (exact) mass is 353 g/mol. The maximum atomic E-state index is 13.0. The molecule has 3 aliphatic rings. The van der Waals surface area contributed by atoms with Crippen LogP contribution in [-0.4, -0.2) is 58.4 Å². The summed E-state index contributed by atoms with van der Waals surface area (Å²) in [5.74, 6) is 0.530. The minimum absolute atomic E-state index is 0.183. The van der Waals surface area contributed by atoms with Gasteiger partial charge < -0.3 is 4.90 Å². The Balaban J connectivity index is 1.80. The quantitative estimate of drug-likeness (QED) is 0.819. The normalized spacial score (nSPS) is 25.2. The maximum Gasteiger partial charge on any atom is 0.328 e. The van der Waals surface area contributed by atoms with Crippen LogP contribution in [0.4, 0.5) is 10.5 Å². The molecular formula is C19H23N5O2. The van der Waals surface area contributed by atoms with Crippen LogP contribution in [0.15, 0.2) is 40.7 Å². The highest BCUT2D eigenvalue weighted by molar-refractivity contribution is 6.10. The number of rotatable bonds is 2. The predicted molar refractivity (Wildman–Crippen MR) is 99.4 cm³/mol. The van der Waals surface area contributed by atoms with Gasteiger partial charge in [0, 0.05) is 30.7 Å². The molecule has 0 aromatic heterocycles. The van der Waals surface area contributed by atoms with Gasteiger partial charge in [-0.15, -0.1) is 0 Å². The molecule has 0 N–H and O–H groups in total. The molecule has 2 unspecified atom stereocenters. The van der Waals surface area contributed by atoms with Crippen molar-refractivity contribution in [2.24, 2.45) is 4.99 Å². The van der Waals surface area contributed by atoms with Crippen molar-refractivity contribution in [3.63, 3.8) is 0 Å². The fraction of sp³-hybridized carbons (Fsp3) is 0.421. The van der Waals surface area contributed by atoms with Crippen molar-refractivity contribution in [2.45, 2.75) is 39.9 Å². The van der Waals surface area contributed by atoms with Crippen LogP contribution in [0.3, 0.4) is 0 Å². The molecule has 7 nitrogen and oxygen atoms in total.